The van der Waals surface area contributed by atoms with Crippen LogP contribution in [0.1, 0.15) is 26.5 Å². The largest absolute Gasteiger partial charge is 0.463 e. The Bertz CT molecular complexity index is 703. The zero-order chi connectivity index (χ0) is 16.9. The number of rotatable bonds is 4. The predicted octanol–water partition coefficient (Wildman–Crippen LogP) is 2.02. The minimum Gasteiger partial charge on any atom is -0.463 e. The van der Waals surface area contributed by atoms with Gasteiger partial charge in [-0.15, -0.1) is 0 Å². The number of esters is 1. The van der Waals surface area contributed by atoms with Gasteiger partial charge in [0.1, 0.15) is 0 Å². The summed E-state index contributed by atoms with van der Waals surface area (Å²) in [6.45, 7) is 3.45. The quantitative estimate of drug-likeness (QED) is 0.804. The standard InChI is InChI=1S/C18H20N2O4/c1-23-18(22)16-15(7-12-24-16)13-19-8-10-20(11-9-19)17(21)14-5-3-2-4-6-14/h2-7,12H,8-11,13H2,1H3. The molecule has 0 bridgehead atoms. The predicted molar refractivity (Wildman–Crippen MR) is 87.7 cm³/mol. The molecule has 0 spiro atoms. The molecule has 1 saturated heterocycles. The van der Waals surface area contributed by atoms with Gasteiger partial charge < -0.3 is 14.1 Å². The molecule has 6 heteroatoms. The molecule has 6 nitrogen and oxygen atoms in total. The molecule has 0 saturated carbocycles. The van der Waals surface area contributed by atoms with E-state index in [2.05, 4.69) is 4.90 Å². The Labute approximate surface area is 140 Å². The average Bonchev–Trinajstić information content (AvgIpc) is 3.10. The van der Waals surface area contributed by atoms with Crippen molar-refractivity contribution in [2.45, 2.75) is 6.54 Å². The van der Waals surface area contributed by atoms with Gasteiger partial charge in [-0.2, -0.15) is 0 Å². The first-order valence-corrected chi connectivity index (χ1v) is 7.90. The van der Waals surface area contributed by atoms with Gasteiger partial charge in [0.15, 0.2) is 0 Å². The normalized spacial score (nSPS) is 15.3. The van der Waals surface area contributed by atoms with Gasteiger partial charge in [-0.25, -0.2) is 4.79 Å². The van der Waals surface area contributed by atoms with Gasteiger partial charge in [-0.3, -0.25) is 9.69 Å². The van der Waals surface area contributed by atoms with Crippen molar-refractivity contribution in [3.05, 3.63) is 59.5 Å². The van der Waals surface area contributed by atoms with Crippen LogP contribution in [0.25, 0.3) is 0 Å². The fourth-order valence-corrected chi connectivity index (χ4v) is 2.85. The molecular formula is C18H20N2O4. The molecule has 0 atom stereocenters. The van der Waals surface area contributed by atoms with Crippen LogP contribution in [0.3, 0.4) is 0 Å². The molecule has 24 heavy (non-hydrogen) atoms. The third-order valence-corrected chi connectivity index (χ3v) is 4.19. The average molecular weight is 328 g/mol. The van der Waals surface area contributed by atoms with Crippen LogP contribution in [0.2, 0.25) is 0 Å². The molecular weight excluding hydrogens is 308 g/mol. The highest BCUT2D eigenvalue weighted by molar-refractivity contribution is 5.94. The number of benzene rings is 1. The molecule has 1 amide bonds. The first-order valence-electron chi connectivity index (χ1n) is 7.90. The van der Waals surface area contributed by atoms with E-state index >= 15 is 0 Å². The second-order valence-corrected chi connectivity index (χ2v) is 5.70. The highest BCUT2D eigenvalue weighted by Crippen LogP contribution is 2.16. The summed E-state index contributed by atoms with van der Waals surface area (Å²) >= 11 is 0. The Morgan fingerprint density at radius 1 is 1.08 bits per heavy atom. The number of nitrogens with zero attached hydrogens (tertiary/aromatic N) is 2. The SMILES string of the molecule is COC(=O)c1occc1CN1CCN(C(=O)c2ccccc2)CC1. The van der Waals surface area contributed by atoms with Crippen molar-refractivity contribution in [1.82, 2.24) is 9.80 Å². The van der Waals surface area contributed by atoms with Crippen molar-refractivity contribution in [1.29, 1.82) is 0 Å². The molecule has 126 valence electrons. The van der Waals surface area contributed by atoms with Crippen molar-refractivity contribution in [2.75, 3.05) is 33.3 Å². The maximum Gasteiger partial charge on any atom is 0.374 e. The minimum absolute atomic E-state index is 0.0637. The van der Waals surface area contributed by atoms with Crippen LogP contribution in [-0.2, 0) is 11.3 Å². The first-order chi connectivity index (χ1) is 11.7. The number of carbonyl (C=O) groups excluding carboxylic acids is 2. The zero-order valence-corrected chi connectivity index (χ0v) is 13.6. The maximum atomic E-state index is 12.4. The van der Waals surface area contributed by atoms with E-state index in [1.807, 2.05) is 35.2 Å². The van der Waals surface area contributed by atoms with E-state index in [0.717, 1.165) is 18.7 Å². The minimum atomic E-state index is -0.465. The smallest absolute Gasteiger partial charge is 0.374 e. The van der Waals surface area contributed by atoms with Crippen molar-refractivity contribution < 1.29 is 18.7 Å². The lowest BCUT2D eigenvalue weighted by molar-refractivity contribution is 0.0559. The first kappa shape index (κ1) is 16.3. The molecule has 1 aromatic heterocycles. The molecule has 1 aliphatic heterocycles. The number of furan rings is 1. The fourth-order valence-electron chi connectivity index (χ4n) is 2.85. The summed E-state index contributed by atoms with van der Waals surface area (Å²) in [5.41, 5.74) is 1.53. The van der Waals surface area contributed by atoms with Crippen LogP contribution in [0.4, 0.5) is 0 Å². The van der Waals surface area contributed by atoms with Gasteiger partial charge in [0.2, 0.25) is 5.76 Å². The Balaban J connectivity index is 1.57. The Kier molecular flexibility index (Phi) is 4.96. The van der Waals surface area contributed by atoms with Gasteiger partial charge >= 0.3 is 5.97 Å². The molecule has 3 rings (SSSR count). The van der Waals surface area contributed by atoms with Crippen LogP contribution < -0.4 is 0 Å². The van der Waals surface area contributed by atoms with E-state index in [0.29, 0.717) is 25.2 Å². The summed E-state index contributed by atoms with van der Waals surface area (Å²) in [6, 6.07) is 11.1. The molecule has 0 N–H and O–H groups in total. The summed E-state index contributed by atoms with van der Waals surface area (Å²) in [6.07, 6.45) is 1.50. The van der Waals surface area contributed by atoms with E-state index < -0.39 is 5.97 Å². The van der Waals surface area contributed by atoms with Gasteiger partial charge in [0.05, 0.1) is 13.4 Å². The molecule has 0 radical (unpaired) electrons. The summed E-state index contributed by atoms with van der Waals surface area (Å²) in [5.74, 6) is -0.151. The lowest BCUT2D eigenvalue weighted by atomic mass is 10.1. The summed E-state index contributed by atoms with van der Waals surface area (Å²) in [7, 11) is 1.34. The van der Waals surface area contributed by atoms with Gasteiger partial charge in [0.25, 0.3) is 5.91 Å². The Morgan fingerprint density at radius 2 is 1.79 bits per heavy atom. The molecule has 0 unspecified atom stereocenters. The molecule has 1 fully saturated rings. The van der Waals surface area contributed by atoms with Crippen LogP contribution in [-0.4, -0.2) is 55.0 Å². The van der Waals surface area contributed by atoms with Crippen molar-refractivity contribution >= 4 is 11.9 Å². The zero-order valence-electron chi connectivity index (χ0n) is 13.6. The number of methoxy groups -OCH3 is 1. The fraction of sp³-hybridized carbons (Fsp3) is 0.333. The molecule has 1 aliphatic rings. The summed E-state index contributed by atoms with van der Waals surface area (Å²) < 4.78 is 9.93. The molecule has 0 aliphatic carbocycles. The van der Waals surface area contributed by atoms with Crippen molar-refractivity contribution in [3.63, 3.8) is 0 Å². The van der Waals surface area contributed by atoms with Gasteiger partial charge in [-0.05, 0) is 18.2 Å². The topological polar surface area (TPSA) is 63.0 Å². The Hall–Kier alpha value is -2.60. The third-order valence-electron chi connectivity index (χ3n) is 4.19. The molecule has 1 aromatic carbocycles. The number of piperazine rings is 1. The third kappa shape index (κ3) is 3.49. The number of carbonyl (C=O) groups is 2. The van der Waals surface area contributed by atoms with Gasteiger partial charge in [0, 0.05) is 43.9 Å². The summed E-state index contributed by atoms with van der Waals surface area (Å²) in [5, 5.41) is 0. The Morgan fingerprint density at radius 3 is 2.46 bits per heavy atom. The molecule has 2 aromatic rings. The second-order valence-electron chi connectivity index (χ2n) is 5.70. The number of amides is 1. The van der Waals surface area contributed by atoms with E-state index in [1.165, 1.54) is 13.4 Å². The lowest BCUT2D eigenvalue weighted by Gasteiger charge is -2.34. The second kappa shape index (κ2) is 7.31. The highest BCUT2D eigenvalue weighted by atomic mass is 16.5. The van der Waals surface area contributed by atoms with Crippen LogP contribution in [0.5, 0.6) is 0 Å². The summed E-state index contributed by atoms with van der Waals surface area (Å²) in [4.78, 5) is 28.1. The van der Waals surface area contributed by atoms with Crippen LogP contribution in [0, 0.1) is 0 Å². The number of hydrogen-bond donors (Lipinski definition) is 0. The number of hydrogen-bond acceptors (Lipinski definition) is 5. The van der Waals surface area contributed by atoms with E-state index in [9.17, 15) is 9.59 Å². The molecule has 2 heterocycles. The van der Waals surface area contributed by atoms with Crippen molar-refractivity contribution in [3.8, 4) is 0 Å². The monoisotopic (exact) mass is 328 g/mol. The number of ether oxygens (including phenoxy) is 1. The van der Waals surface area contributed by atoms with E-state index in [-0.39, 0.29) is 11.7 Å². The van der Waals surface area contributed by atoms with Crippen LogP contribution >= 0.6 is 0 Å². The van der Waals surface area contributed by atoms with Gasteiger partial charge in [-0.1, -0.05) is 18.2 Å². The lowest BCUT2D eigenvalue weighted by Crippen LogP contribution is -2.48. The van der Waals surface area contributed by atoms with Crippen molar-refractivity contribution in [2.24, 2.45) is 0 Å². The highest BCUT2D eigenvalue weighted by Gasteiger charge is 2.24. The maximum absolute atomic E-state index is 12.4. The van der Waals surface area contributed by atoms with Crippen LogP contribution in [0.15, 0.2) is 47.1 Å². The van der Waals surface area contributed by atoms with E-state index in [1.54, 1.807) is 6.07 Å². The van der Waals surface area contributed by atoms with E-state index in [4.69, 9.17) is 9.15 Å².